The molecule has 0 saturated carbocycles. The first-order valence-electron chi connectivity index (χ1n) is 6.46. The fourth-order valence-electron chi connectivity index (χ4n) is 1.99. The minimum Gasteiger partial charge on any atom is -0.353 e. The van der Waals surface area contributed by atoms with Gasteiger partial charge in [-0.05, 0) is 20.8 Å². The van der Waals surface area contributed by atoms with E-state index in [1.807, 2.05) is 13.8 Å². The van der Waals surface area contributed by atoms with E-state index in [0.717, 1.165) is 13.1 Å². The molecule has 0 aromatic heterocycles. The Hall–Kier alpha value is -0.850. The van der Waals surface area contributed by atoms with Gasteiger partial charge in [-0.15, -0.1) is 12.4 Å². The highest BCUT2D eigenvalue weighted by atomic mass is 35.5. The van der Waals surface area contributed by atoms with Gasteiger partial charge < -0.3 is 16.0 Å². The number of nitrogens with one attached hydrogen (secondary N) is 1. The van der Waals surface area contributed by atoms with Crippen LogP contribution in [0.1, 0.15) is 20.8 Å². The highest BCUT2D eigenvalue weighted by Crippen LogP contribution is 2.03. The van der Waals surface area contributed by atoms with Crippen molar-refractivity contribution >= 4 is 24.2 Å². The summed E-state index contributed by atoms with van der Waals surface area (Å²) in [4.78, 5) is 27.1. The Morgan fingerprint density at radius 1 is 1.16 bits per heavy atom. The van der Waals surface area contributed by atoms with Gasteiger partial charge in [-0.1, -0.05) is 0 Å². The Labute approximate surface area is 121 Å². The van der Waals surface area contributed by atoms with Gasteiger partial charge >= 0.3 is 0 Å². The molecule has 0 aromatic rings. The van der Waals surface area contributed by atoms with Gasteiger partial charge in [0.15, 0.2) is 0 Å². The van der Waals surface area contributed by atoms with Crippen LogP contribution in [0, 0.1) is 0 Å². The maximum absolute atomic E-state index is 11.7. The van der Waals surface area contributed by atoms with Gasteiger partial charge in [-0.2, -0.15) is 0 Å². The molecule has 19 heavy (non-hydrogen) atoms. The molecule has 1 unspecified atom stereocenters. The molecule has 1 fully saturated rings. The fourth-order valence-corrected chi connectivity index (χ4v) is 1.99. The van der Waals surface area contributed by atoms with Gasteiger partial charge in [0, 0.05) is 32.2 Å². The number of hydrogen-bond acceptors (Lipinski definition) is 4. The summed E-state index contributed by atoms with van der Waals surface area (Å²) < 4.78 is 0. The average molecular weight is 293 g/mol. The molecule has 0 aromatic carbocycles. The van der Waals surface area contributed by atoms with Gasteiger partial charge in [0.1, 0.15) is 0 Å². The molecular formula is C12H25ClN4O2. The monoisotopic (exact) mass is 292 g/mol. The second kappa shape index (κ2) is 8.35. The molecule has 1 rings (SSSR count). The smallest absolute Gasteiger partial charge is 0.239 e. The van der Waals surface area contributed by atoms with Gasteiger partial charge in [0.2, 0.25) is 11.8 Å². The van der Waals surface area contributed by atoms with Crippen LogP contribution in [-0.4, -0.2) is 66.4 Å². The van der Waals surface area contributed by atoms with Crippen molar-refractivity contribution in [2.75, 3.05) is 32.7 Å². The first-order valence-corrected chi connectivity index (χ1v) is 6.46. The van der Waals surface area contributed by atoms with E-state index in [2.05, 4.69) is 10.2 Å². The molecule has 7 heteroatoms. The third-order valence-corrected chi connectivity index (χ3v) is 2.89. The zero-order valence-electron chi connectivity index (χ0n) is 11.9. The predicted molar refractivity (Wildman–Crippen MR) is 77.2 cm³/mol. The molecule has 2 amide bonds. The van der Waals surface area contributed by atoms with E-state index in [1.54, 1.807) is 11.8 Å². The second-order valence-corrected chi connectivity index (χ2v) is 5.11. The summed E-state index contributed by atoms with van der Waals surface area (Å²) >= 11 is 0. The Kier molecular flexibility index (Phi) is 7.97. The van der Waals surface area contributed by atoms with Crippen molar-refractivity contribution in [2.24, 2.45) is 5.73 Å². The summed E-state index contributed by atoms with van der Waals surface area (Å²) in [5.74, 6) is 0.0262. The Balaban J connectivity index is 0.00000324. The summed E-state index contributed by atoms with van der Waals surface area (Å²) in [6.45, 7) is 8.73. The summed E-state index contributed by atoms with van der Waals surface area (Å²) in [6.07, 6.45) is 0. The van der Waals surface area contributed by atoms with Gasteiger partial charge in [0.25, 0.3) is 0 Å². The van der Waals surface area contributed by atoms with Crippen LogP contribution < -0.4 is 11.1 Å². The molecule has 1 atom stereocenters. The molecule has 1 saturated heterocycles. The second-order valence-electron chi connectivity index (χ2n) is 5.11. The minimum absolute atomic E-state index is 0. The van der Waals surface area contributed by atoms with Crippen molar-refractivity contribution in [3.8, 4) is 0 Å². The van der Waals surface area contributed by atoms with Crippen molar-refractivity contribution in [1.29, 1.82) is 0 Å². The maximum atomic E-state index is 11.7. The van der Waals surface area contributed by atoms with Crippen molar-refractivity contribution in [2.45, 2.75) is 32.9 Å². The van der Waals surface area contributed by atoms with E-state index < -0.39 is 6.04 Å². The van der Waals surface area contributed by atoms with Crippen molar-refractivity contribution in [3.63, 3.8) is 0 Å². The lowest BCUT2D eigenvalue weighted by molar-refractivity contribution is -0.134. The van der Waals surface area contributed by atoms with E-state index >= 15 is 0 Å². The standard InChI is InChI=1S/C12H24N4O2.ClH/c1-9(2)14-11(17)8-15-4-6-16(7-5-15)12(18)10(3)13;/h9-10H,4-8,13H2,1-3H3,(H,14,17);1H. The molecule has 3 N–H and O–H groups in total. The largest absolute Gasteiger partial charge is 0.353 e. The van der Waals surface area contributed by atoms with Gasteiger partial charge in [-0.25, -0.2) is 0 Å². The van der Waals surface area contributed by atoms with E-state index in [0.29, 0.717) is 19.6 Å². The number of halogens is 1. The predicted octanol–water partition coefficient (Wildman–Crippen LogP) is -0.576. The van der Waals surface area contributed by atoms with Crippen molar-refractivity contribution in [3.05, 3.63) is 0 Å². The highest BCUT2D eigenvalue weighted by molar-refractivity contribution is 5.85. The van der Waals surface area contributed by atoms with Crippen LogP contribution in [-0.2, 0) is 9.59 Å². The summed E-state index contributed by atoms with van der Waals surface area (Å²) in [6, 6.07) is -0.278. The molecule has 0 spiro atoms. The Bertz CT molecular complexity index is 302. The first-order chi connectivity index (χ1) is 8.40. The summed E-state index contributed by atoms with van der Waals surface area (Å²) in [5, 5.41) is 2.86. The van der Waals surface area contributed by atoms with E-state index in [9.17, 15) is 9.59 Å². The van der Waals surface area contributed by atoms with Crippen LogP contribution in [0.15, 0.2) is 0 Å². The number of nitrogens with two attached hydrogens (primary N) is 1. The number of piperazine rings is 1. The molecule has 112 valence electrons. The lowest BCUT2D eigenvalue weighted by atomic mass is 10.2. The Morgan fingerprint density at radius 2 is 1.68 bits per heavy atom. The molecular weight excluding hydrogens is 268 g/mol. The minimum atomic E-state index is -0.444. The number of amides is 2. The average Bonchev–Trinajstić information content (AvgIpc) is 2.27. The highest BCUT2D eigenvalue weighted by Gasteiger charge is 2.23. The SMILES string of the molecule is CC(C)NC(=O)CN1CCN(C(=O)C(C)N)CC1.Cl. The molecule has 1 aliphatic rings. The lowest BCUT2D eigenvalue weighted by Crippen LogP contribution is -2.54. The molecule has 0 bridgehead atoms. The molecule has 0 radical (unpaired) electrons. The van der Waals surface area contributed by atoms with E-state index in [4.69, 9.17) is 5.73 Å². The van der Waals surface area contributed by atoms with Crippen molar-refractivity contribution in [1.82, 2.24) is 15.1 Å². The zero-order chi connectivity index (χ0) is 13.7. The topological polar surface area (TPSA) is 78.7 Å². The zero-order valence-corrected chi connectivity index (χ0v) is 12.7. The van der Waals surface area contributed by atoms with Gasteiger partial charge in [0.05, 0.1) is 12.6 Å². The number of rotatable bonds is 4. The Morgan fingerprint density at radius 3 is 2.11 bits per heavy atom. The number of nitrogens with zero attached hydrogens (tertiary/aromatic N) is 2. The normalized spacial score (nSPS) is 17.8. The number of hydrogen-bond donors (Lipinski definition) is 2. The van der Waals surface area contributed by atoms with Crippen LogP contribution in [0.3, 0.4) is 0 Å². The van der Waals surface area contributed by atoms with E-state index in [1.165, 1.54) is 0 Å². The molecule has 6 nitrogen and oxygen atoms in total. The third-order valence-electron chi connectivity index (χ3n) is 2.89. The third kappa shape index (κ3) is 6.22. The van der Waals surface area contributed by atoms with E-state index in [-0.39, 0.29) is 30.3 Å². The molecule has 1 aliphatic heterocycles. The summed E-state index contributed by atoms with van der Waals surface area (Å²) in [5.41, 5.74) is 5.57. The summed E-state index contributed by atoms with van der Waals surface area (Å²) in [7, 11) is 0. The number of carbonyl (C=O) groups is 2. The van der Waals surface area contributed by atoms with Gasteiger partial charge in [-0.3, -0.25) is 14.5 Å². The number of carbonyl (C=O) groups excluding carboxylic acids is 2. The van der Waals surface area contributed by atoms with Crippen LogP contribution in [0.25, 0.3) is 0 Å². The first kappa shape index (κ1) is 18.1. The van der Waals surface area contributed by atoms with Crippen LogP contribution in [0.2, 0.25) is 0 Å². The lowest BCUT2D eigenvalue weighted by Gasteiger charge is -2.35. The van der Waals surface area contributed by atoms with Crippen molar-refractivity contribution < 1.29 is 9.59 Å². The quantitative estimate of drug-likeness (QED) is 0.727. The fraction of sp³-hybridized carbons (Fsp3) is 0.833. The molecule has 0 aliphatic carbocycles. The van der Waals surface area contributed by atoms with Crippen LogP contribution >= 0.6 is 12.4 Å². The van der Waals surface area contributed by atoms with Crippen LogP contribution in [0.4, 0.5) is 0 Å². The molecule has 1 heterocycles. The van der Waals surface area contributed by atoms with Crippen LogP contribution in [0.5, 0.6) is 0 Å². The maximum Gasteiger partial charge on any atom is 0.239 e.